The lowest BCUT2D eigenvalue weighted by molar-refractivity contribution is -0.123. The van der Waals surface area contributed by atoms with Crippen LogP contribution in [0.25, 0.3) is 0 Å². The maximum Gasteiger partial charge on any atom is 0.258 e. The van der Waals surface area contributed by atoms with Crippen molar-refractivity contribution in [2.75, 3.05) is 37.2 Å². The zero-order valence-electron chi connectivity index (χ0n) is 16.7. The van der Waals surface area contributed by atoms with Crippen LogP contribution >= 0.6 is 0 Å². The third-order valence-corrected chi connectivity index (χ3v) is 5.21. The first kappa shape index (κ1) is 22.0. The smallest absolute Gasteiger partial charge is 0.258 e. The van der Waals surface area contributed by atoms with E-state index in [1.54, 1.807) is 6.07 Å². The Morgan fingerprint density at radius 3 is 2.80 bits per heavy atom. The van der Waals surface area contributed by atoms with Gasteiger partial charge in [0.2, 0.25) is 15.9 Å². The highest BCUT2D eigenvalue weighted by Crippen LogP contribution is 2.21. The lowest BCUT2D eigenvalue weighted by atomic mass is 10.00. The number of aromatic nitrogens is 1. The number of nitrogens with one attached hydrogen (secondary N) is 2. The number of anilines is 1. The molecule has 0 spiro atoms. The van der Waals surface area contributed by atoms with Crippen LogP contribution in [0.1, 0.15) is 11.1 Å². The van der Waals surface area contributed by atoms with E-state index >= 15 is 0 Å². The Balaban J connectivity index is 1.42. The highest BCUT2D eigenvalue weighted by molar-refractivity contribution is 7.92. The second-order valence-electron chi connectivity index (χ2n) is 7.23. The Hall–Kier alpha value is -2.69. The van der Waals surface area contributed by atoms with Crippen molar-refractivity contribution in [1.82, 2.24) is 15.2 Å². The van der Waals surface area contributed by atoms with Gasteiger partial charge in [0.25, 0.3) is 5.91 Å². The van der Waals surface area contributed by atoms with Gasteiger partial charge in [0.05, 0.1) is 12.4 Å². The maximum atomic E-state index is 12.0. The number of fused-ring (bicyclic) bond motifs is 1. The molecule has 10 heteroatoms. The number of carbonyl (C=O) groups is 1. The molecule has 0 fully saturated rings. The molecule has 0 bridgehead atoms. The molecule has 1 aromatic heterocycles. The summed E-state index contributed by atoms with van der Waals surface area (Å²) in [6, 6.07) is 11.3. The van der Waals surface area contributed by atoms with Gasteiger partial charge in [-0.3, -0.25) is 14.4 Å². The van der Waals surface area contributed by atoms with Gasteiger partial charge in [-0.05, 0) is 29.7 Å². The second kappa shape index (κ2) is 9.88. The van der Waals surface area contributed by atoms with Gasteiger partial charge < -0.3 is 15.2 Å². The Morgan fingerprint density at radius 2 is 2.03 bits per heavy atom. The molecule has 0 saturated carbocycles. The first-order valence-corrected chi connectivity index (χ1v) is 11.5. The van der Waals surface area contributed by atoms with Gasteiger partial charge >= 0.3 is 0 Å². The molecule has 3 N–H and O–H groups in total. The number of sulfonamides is 1. The Bertz CT molecular complexity index is 983. The Morgan fingerprint density at radius 1 is 1.27 bits per heavy atom. The highest BCUT2D eigenvalue weighted by Gasteiger charge is 2.19. The number of β-amino-alcohol motifs (C(OH)–C–C–N with tert-alkyl or cyclic N) is 1. The predicted octanol–water partition coefficient (Wildman–Crippen LogP) is 0.367. The van der Waals surface area contributed by atoms with Crippen molar-refractivity contribution in [3.05, 3.63) is 53.7 Å². The SMILES string of the molecule is CS(=O)(=O)Nc1cccnc1OCC(=O)NCC(O)CN1CCc2ccccc2C1. The lowest BCUT2D eigenvalue weighted by Gasteiger charge is -2.30. The van der Waals surface area contributed by atoms with Gasteiger partial charge in [-0.2, -0.15) is 0 Å². The highest BCUT2D eigenvalue weighted by atomic mass is 32.2. The van der Waals surface area contributed by atoms with E-state index < -0.39 is 22.0 Å². The van der Waals surface area contributed by atoms with E-state index in [1.807, 2.05) is 12.1 Å². The average Bonchev–Trinajstić information content (AvgIpc) is 2.70. The van der Waals surface area contributed by atoms with Crippen LogP contribution in [0.15, 0.2) is 42.6 Å². The van der Waals surface area contributed by atoms with Gasteiger partial charge in [-0.15, -0.1) is 0 Å². The molecule has 30 heavy (non-hydrogen) atoms. The summed E-state index contributed by atoms with van der Waals surface area (Å²) in [6.07, 6.45) is 2.67. The lowest BCUT2D eigenvalue weighted by Crippen LogP contribution is -2.42. The molecule has 1 atom stereocenters. The molecule has 0 aliphatic carbocycles. The van der Waals surface area contributed by atoms with Crippen molar-refractivity contribution in [2.45, 2.75) is 19.1 Å². The van der Waals surface area contributed by atoms with Crippen LogP contribution in [0.2, 0.25) is 0 Å². The van der Waals surface area contributed by atoms with E-state index in [9.17, 15) is 18.3 Å². The fourth-order valence-corrected chi connectivity index (χ4v) is 3.83. The third kappa shape index (κ3) is 6.68. The summed E-state index contributed by atoms with van der Waals surface area (Å²) in [7, 11) is -3.50. The molecule has 162 valence electrons. The molecule has 1 aromatic carbocycles. The van der Waals surface area contributed by atoms with Crippen LogP contribution in [-0.4, -0.2) is 67.9 Å². The second-order valence-corrected chi connectivity index (χ2v) is 8.98. The average molecular weight is 435 g/mol. The minimum atomic E-state index is -3.50. The van der Waals surface area contributed by atoms with Crippen LogP contribution in [-0.2, 0) is 27.8 Å². The van der Waals surface area contributed by atoms with Crippen molar-refractivity contribution in [3.63, 3.8) is 0 Å². The summed E-state index contributed by atoms with van der Waals surface area (Å²) in [6.45, 7) is 1.84. The number of ether oxygens (including phenoxy) is 1. The van der Waals surface area contributed by atoms with E-state index in [2.05, 4.69) is 32.1 Å². The molecule has 0 radical (unpaired) electrons. The number of pyridine rings is 1. The standard InChI is InChI=1S/C20H26N4O5S/c1-30(27,28)23-18-7-4-9-21-20(18)29-14-19(26)22-11-17(25)13-24-10-8-15-5-2-3-6-16(15)12-24/h2-7,9,17,23,25H,8,10-14H2,1H3,(H,22,26). The fraction of sp³-hybridized carbons (Fsp3) is 0.400. The van der Waals surface area contributed by atoms with Crippen LogP contribution in [0.3, 0.4) is 0 Å². The van der Waals surface area contributed by atoms with Crippen molar-refractivity contribution in [3.8, 4) is 5.88 Å². The van der Waals surface area contributed by atoms with E-state index in [0.717, 1.165) is 25.8 Å². The van der Waals surface area contributed by atoms with Gasteiger partial charge in [0.1, 0.15) is 5.69 Å². The molecular weight excluding hydrogens is 408 g/mol. The van der Waals surface area contributed by atoms with Crippen LogP contribution in [0, 0.1) is 0 Å². The number of aliphatic hydroxyl groups is 1. The number of benzene rings is 1. The number of hydrogen-bond acceptors (Lipinski definition) is 7. The maximum absolute atomic E-state index is 12.0. The summed E-state index contributed by atoms with van der Waals surface area (Å²) in [5.41, 5.74) is 2.76. The predicted molar refractivity (Wildman–Crippen MR) is 113 cm³/mol. The molecular formula is C20H26N4O5S. The van der Waals surface area contributed by atoms with Crippen LogP contribution < -0.4 is 14.8 Å². The van der Waals surface area contributed by atoms with Gasteiger partial charge in [-0.1, -0.05) is 24.3 Å². The molecule has 3 rings (SSSR count). The number of nitrogens with zero attached hydrogens (tertiary/aromatic N) is 2. The summed E-state index contributed by atoms with van der Waals surface area (Å²) in [4.78, 5) is 18.1. The molecule has 0 saturated heterocycles. The summed E-state index contributed by atoms with van der Waals surface area (Å²) < 4.78 is 30.4. The normalized spacial score (nSPS) is 15.1. The monoisotopic (exact) mass is 434 g/mol. The minimum Gasteiger partial charge on any atom is -0.466 e. The summed E-state index contributed by atoms with van der Waals surface area (Å²) in [5.74, 6) is -0.431. The molecule has 1 aliphatic rings. The number of rotatable bonds is 9. The Kier molecular flexibility index (Phi) is 7.24. The third-order valence-electron chi connectivity index (χ3n) is 4.62. The van der Waals surface area contributed by atoms with E-state index in [0.29, 0.717) is 6.54 Å². The molecule has 2 heterocycles. The first-order valence-electron chi connectivity index (χ1n) is 9.59. The van der Waals surface area contributed by atoms with Gasteiger partial charge in [0.15, 0.2) is 6.61 Å². The molecule has 1 amide bonds. The summed E-state index contributed by atoms with van der Waals surface area (Å²) >= 11 is 0. The number of carbonyl (C=O) groups excluding carboxylic acids is 1. The van der Waals surface area contributed by atoms with Gasteiger partial charge in [-0.25, -0.2) is 13.4 Å². The van der Waals surface area contributed by atoms with Crippen molar-refractivity contribution in [2.24, 2.45) is 0 Å². The van der Waals surface area contributed by atoms with Crippen molar-refractivity contribution < 1.29 is 23.1 Å². The van der Waals surface area contributed by atoms with Crippen molar-refractivity contribution >= 4 is 21.6 Å². The van der Waals surface area contributed by atoms with Crippen LogP contribution in [0.4, 0.5) is 5.69 Å². The number of amides is 1. The van der Waals surface area contributed by atoms with Crippen LogP contribution in [0.5, 0.6) is 5.88 Å². The molecule has 2 aromatic rings. The Labute approximate surface area is 176 Å². The molecule has 9 nitrogen and oxygen atoms in total. The summed E-state index contributed by atoms with van der Waals surface area (Å²) in [5, 5.41) is 12.9. The first-order chi connectivity index (χ1) is 14.3. The number of hydrogen-bond donors (Lipinski definition) is 3. The van der Waals surface area contributed by atoms with E-state index in [-0.39, 0.29) is 24.7 Å². The quantitative estimate of drug-likeness (QED) is 0.521. The van der Waals surface area contributed by atoms with Gasteiger partial charge in [0, 0.05) is 32.4 Å². The minimum absolute atomic E-state index is 0.00519. The van der Waals surface area contributed by atoms with Crippen molar-refractivity contribution in [1.29, 1.82) is 0 Å². The topological polar surface area (TPSA) is 121 Å². The van der Waals surface area contributed by atoms with E-state index in [1.165, 1.54) is 23.4 Å². The zero-order valence-corrected chi connectivity index (χ0v) is 17.6. The largest absolute Gasteiger partial charge is 0.466 e. The number of aliphatic hydroxyl groups excluding tert-OH is 1. The molecule has 1 aliphatic heterocycles. The van der Waals surface area contributed by atoms with E-state index in [4.69, 9.17) is 4.74 Å². The fourth-order valence-electron chi connectivity index (χ4n) is 3.27. The zero-order chi connectivity index (χ0) is 21.6. The molecule has 1 unspecified atom stereocenters.